The maximum Gasteiger partial charge on any atom is 0.279 e. The fourth-order valence-electron chi connectivity index (χ4n) is 4.63. The van der Waals surface area contributed by atoms with E-state index in [2.05, 4.69) is 5.32 Å². The fourth-order valence-corrected chi connectivity index (χ4v) is 4.85. The van der Waals surface area contributed by atoms with Gasteiger partial charge in [0.1, 0.15) is 0 Å². The van der Waals surface area contributed by atoms with Crippen molar-refractivity contribution in [3.05, 3.63) is 28.8 Å². The van der Waals surface area contributed by atoms with Crippen LogP contribution in [0.1, 0.15) is 37.7 Å². The van der Waals surface area contributed by atoms with E-state index in [1.165, 1.54) is 29.1 Å². The largest absolute Gasteiger partial charge is 0.364 e. The van der Waals surface area contributed by atoms with Gasteiger partial charge in [0.15, 0.2) is 12.1 Å². The van der Waals surface area contributed by atoms with E-state index in [4.69, 9.17) is 17.3 Å². The Kier molecular flexibility index (Phi) is 6.40. The Bertz CT molecular complexity index is 695. The number of primary amides is 1. The summed E-state index contributed by atoms with van der Waals surface area (Å²) in [6, 6.07) is 5.45. The van der Waals surface area contributed by atoms with Crippen molar-refractivity contribution in [2.75, 3.05) is 38.0 Å². The number of halogens is 1. The van der Waals surface area contributed by atoms with Crippen molar-refractivity contribution in [2.24, 2.45) is 5.73 Å². The number of carbonyl (C=O) groups excluding carboxylic acids is 2. The Morgan fingerprint density at radius 1 is 1.15 bits per heavy atom. The quantitative estimate of drug-likeness (QED) is 0.546. The molecule has 2 saturated heterocycles. The molecule has 5 N–H and O–H groups in total. The molecule has 0 saturated carbocycles. The molecule has 0 radical (unpaired) electrons. The minimum atomic E-state index is -0.437. The number of rotatable bonds is 5. The van der Waals surface area contributed by atoms with Crippen molar-refractivity contribution < 1.29 is 19.4 Å². The molecule has 0 spiro atoms. The van der Waals surface area contributed by atoms with Gasteiger partial charge in [0, 0.05) is 10.7 Å². The third kappa shape index (κ3) is 4.62. The van der Waals surface area contributed by atoms with Gasteiger partial charge in [0.05, 0.1) is 39.0 Å². The summed E-state index contributed by atoms with van der Waals surface area (Å²) in [6.07, 6.45) is 5.12. The van der Waals surface area contributed by atoms with Gasteiger partial charge in [-0.25, -0.2) is 0 Å². The highest BCUT2D eigenvalue weighted by Gasteiger charge is 2.50. The summed E-state index contributed by atoms with van der Waals surface area (Å²) >= 11 is 5.97. The highest BCUT2D eigenvalue weighted by Crippen LogP contribution is 2.19. The van der Waals surface area contributed by atoms with Crippen LogP contribution in [0.2, 0.25) is 5.02 Å². The van der Waals surface area contributed by atoms with Gasteiger partial charge < -0.3 is 20.9 Å². The summed E-state index contributed by atoms with van der Waals surface area (Å²) in [4.78, 5) is 27.3. The molecule has 3 rings (SSSR count). The van der Waals surface area contributed by atoms with E-state index >= 15 is 0 Å². The lowest BCUT2D eigenvalue weighted by Gasteiger charge is -2.43. The van der Waals surface area contributed by atoms with Crippen LogP contribution in [-0.2, 0) is 9.59 Å². The molecule has 2 fully saturated rings. The van der Waals surface area contributed by atoms with Crippen LogP contribution in [0, 0.1) is 6.92 Å². The van der Waals surface area contributed by atoms with Crippen molar-refractivity contribution in [2.45, 2.75) is 44.6 Å². The Morgan fingerprint density at radius 3 is 2.41 bits per heavy atom. The molecule has 7 heteroatoms. The van der Waals surface area contributed by atoms with E-state index in [-0.39, 0.29) is 11.8 Å². The van der Waals surface area contributed by atoms with Crippen molar-refractivity contribution in [1.29, 1.82) is 0 Å². The van der Waals surface area contributed by atoms with E-state index in [1.807, 2.05) is 19.1 Å². The fraction of sp³-hybridized carbons (Fsp3) is 0.600. The lowest BCUT2D eigenvalue weighted by molar-refractivity contribution is -0.972. The number of quaternary nitrogens is 2. The third-order valence-electron chi connectivity index (χ3n) is 6.29. The van der Waals surface area contributed by atoms with E-state index in [1.54, 1.807) is 6.07 Å². The maximum absolute atomic E-state index is 12.5. The molecule has 2 aliphatic heterocycles. The van der Waals surface area contributed by atoms with Crippen molar-refractivity contribution >= 4 is 29.1 Å². The molecule has 6 nitrogen and oxygen atoms in total. The molecular weight excluding hydrogens is 364 g/mol. The number of benzene rings is 1. The molecule has 0 unspecified atom stereocenters. The Labute approximate surface area is 166 Å². The van der Waals surface area contributed by atoms with Gasteiger partial charge in [-0.2, -0.15) is 0 Å². The molecule has 0 aromatic heterocycles. The Hall–Kier alpha value is -1.63. The highest BCUT2D eigenvalue weighted by atomic mass is 35.5. The molecule has 2 aliphatic rings. The molecular formula is C20H31ClN4O2+2. The molecule has 27 heavy (non-hydrogen) atoms. The van der Waals surface area contributed by atoms with E-state index in [9.17, 15) is 9.59 Å². The first-order chi connectivity index (χ1) is 12.9. The van der Waals surface area contributed by atoms with Crippen LogP contribution in [0.25, 0.3) is 0 Å². The van der Waals surface area contributed by atoms with Crippen LogP contribution in [-0.4, -0.2) is 50.1 Å². The minimum Gasteiger partial charge on any atom is -0.364 e. The molecule has 2 heterocycles. The van der Waals surface area contributed by atoms with Gasteiger partial charge in [0.25, 0.3) is 11.8 Å². The van der Waals surface area contributed by atoms with Crippen molar-refractivity contribution in [3.8, 4) is 0 Å². The second kappa shape index (κ2) is 8.59. The number of nitrogens with one attached hydrogen (secondary N) is 3. The Morgan fingerprint density at radius 2 is 1.81 bits per heavy atom. The molecule has 0 aliphatic carbocycles. The SMILES string of the molecule is Cc1cc(Cl)ccc1NC(=O)C[NH+]1CCC(C(N)=O)([NH+]2CCCCC2)CC1. The van der Waals surface area contributed by atoms with Gasteiger partial charge in [-0.05, 0) is 49.9 Å². The first kappa shape index (κ1) is 20.1. The topological polar surface area (TPSA) is 81.1 Å². The predicted molar refractivity (Wildman–Crippen MR) is 106 cm³/mol. The third-order valence-corrected chi connectivity index (χ3v) is 6.52. The maximum atomic E-state index is 12.5. The van der Waals surface area contributed by atoms with Crippen LogP contribution in [0.3, 0.4) is 0 Å². The second-order valence-electron chi connectivity index (χ2n) is 8.04. The van der Waals surface area contributed by atoms with Crippen molar-refractivity contribution in [1.82, 2.24) is 0 Å². The summed E-state index contributed by atoms with van der Waals surface area (Å²) in [7, 11) is 0. The van der Waals surface area contributed by atoms with Gasteiger partial charge in [-0.3, -0.25) is 9.59 Å². The van der Waals surface area contributed by atoms with E-state index in [0.717, 1.165) is 50.3 Å². The number of amides is 2. The normalized spacial score (nSPS) is 26.5. The summed E-state index contributed by atoms with van der Waals surface area (Å²) < 4.78 is 0. The first-order valence-electron chi connectivity index (χ1n) is 9.95. The number of carbonyl (C=O) groups is 2. The number of anilines is 1. The number of likely N-dealkylation sites (tertiary alicyclic amines) is 2. The average Bonchev–Trinajstić information content (AvgIpc) is 2.65. The number of piperidine rings is 2. The lowest BCUT2D eigenvalue weighted by atomic mass is 9.83. The number of hydrogen-bond donors (Lipinski definition) is 4. The van der Waals surface area contributed by atoms with Crippen LogP contribution in [0.4, 0.5) is 5.69 Å². The molecule has 0 bridgehead atoms. The lowest BCUT2D eigenvalue weighted by Crippen LogP contribution is -3.26. The zero-order valence-electron chi connectivity index (χ0n) is 16.1. The molecule has 2 amide bonds. The minimum absolute atomic E-state index is 0.00711. The summed E-state index contributed by atoms with van der Waals surface area (Å²) in [5, 5.41) is 3.64. The predicted octanol–water partition coefficient (Wildman–Crippen LogP) is -0.441. The molecule has 1 aromatic rings. The first-order valence-corrected chi connectivity index (χ1v) is 10.3. The van der Waals surface area contributed by atoms with Gasteiger partial charge in [-0.15, -0.1) is 0 Å². The van der Waals surface area contributed by atoms with Crippen LogP contribution >= 0.6 is 11.6 Å². The van der Waals surface area contributed by atoms with Crippen LogP contribution in [0.15, 0.2) is 18.2 Å². The average molecular weight is 395 g/mol. The number of aryl methyl sites for hydroxylation is 1. The monoisotopic (exact) mass is 394 g/mol. The number of nitrogens with two attached hydrogens (primary N) is 1. The molecule has 0 atom stereocenters. The molecule has 1 aromatic carbocycles. The van der Waals surface area contributed by atoms with Gasteiger partial charge in [-0.1, -0.05) is 11.6 Å². The second-order valence-corrected chi connectivity index (χ2v) is 8.48. The summed E-state index contributed by atoms with van der Waals surface area (Å²) in [5.41, 5.74) is 7.16. The zero-order chi connectivity index (χ0) is 19.4. The van der Waals surface area contributed by atoms with Crippen LogP contribution in [0.5, 0.6) is 0 Å². The van der Waals surface area contributed by atoms with E-state index < -0.39 is 5.54 Å². The summed E-state index contributed by atoms with van der Waals surface area (Å²) in [5.74, 6) is -0.174. The van der Waals surface area contributed by atoms with Gasteiger partial charge >= 0.3 is 0 Å². The number of hydrogen-bond acceptors (Lipinski definition) is 2. The Balaban J connectivity index is 1.56. The van der Waals surface area contributed by atoms with Crippen LogP contribution < -0.4 is 20.9 Å². The smallest absolute Gasteiger partial charge is 0.279 e. The van der Waals surface area contributed by atoms with E-state index in [0.29, 0.717) is 11.6 Å². The zero-order valence-corrected chi connectivity index (χ0v) is 16.8. The van der Waals surface area contributed by atoms with Gasteiger partial charge in [0.2, 0.25) is 0 Å². The summed E-state index contributed by atoms with van der Waals surface area (Å²) in [6.45, 7) is 6.02. The highest BCUT2D eigenvalue weighted by molar-refractivity contribution is 6.30. The molecule has 148 valence electrons. The van der Waals surface area contributed by atoms with Crippen molar-refractivity contribution in [3.63, 3.8) is 0 Å². The standard InChI is InChI=1S/C20H29ClN4O2/c1-15-13-16(21)5-6-17(15)23-18(26)14-24-11-7-20(8-12-24,19(22)27)25-9-3-2-4-10-25/h5-6,13H,2-4,7-12,14H2,1H3,(H2,22,27)(H,23,26)/p+2.